The van der Waals surface area contributed by atoms with Gasteiger partial charge in [0.15, 0.2) is 0 Å². The highest BCUT2D eigenvalue weighted by atomic mass is 35.5. The predicted octanol–water partition coefficient (Wildman–Crippen LogP) is 4.06. The number of aryl methyl sites for hydroxylation is 1. The summed E-state index contributed by atoms with van der Waals surface area (Å²) in [6.07, 6.45) is 1.93. The fourth-order valence-electron chi connectivity index (χ4n) is 1.64. The van der Waals surface area contributed by atoms with Crippen molar-refractivity contribution in [1.29, 1.82) is 0 Å². The summed E-state index contributed by atoms with van der Waals surface area (Å²) in [7, 11) is 0. The van der Waals surface area contributed by atoms with Crippen LogP contribution in [-0.4, -0.2) is 18.7 Å². The van der Waals surface area contributed by atoms with Gasteiger partial charge in [0.2, 0.25) is 0 Å². The molecule has 0 aliphatic heterocycles. The number of benzene rings is 1. The minimum Gasteiger partial charge on any atom is -0.494 e. The number of hydrogen-bond acceptors (Lipinski definition) is 2. The molecule has 0 bridgehead atoms. The molecule has 18 heavy (non-hydrogen) atoms. The van der Waals surface area contributed by atoms with E-state index in [9.17, 15) is 0 Å². The highest BCUT2D eigenvalue weighted by molar-refractivity contribution is 6.31. The lowest BCUT2D eigenvalue weighted by atomic mass is 10.1. The Kier molecular flexibility index (Phi) is 5.97. The summed E-state index contributed by atoms with van der Waals surface area (Å²) in [6.45, 7) is 10.3. The molecule has 1 rings (SSSR count). The van der Waals surface area contributed by atoms with Crippen molar-refractivity contribution < 1.29 is 4.74 Å². The number of nitrogens with one attached hydrogen (secondary N) is 1. The quantitative estimate of drug-likeness (QED) is 0.787. The van der Waals surface area contributed by atoms with Gasteiger partial charge in [0, 0.05) is 10.6 Å². The lowest BCUT2D eigenvalue weighted by molar-refractivity contribution is 0.298. The lowest BCUT2D eigenvalue weighted by Gasteiger charge is -2.20. The van der Waals surface area contributed by atoms with Crippen LogP contribution in [0.4, 0.5) is 0 Å². The van der Waals surface area contributed by atoms with Gasteiger partial charge in [-0.1, -0.05) is 18.5 Å². The van der Waals surface area contributed by atoms with Gasteiger partial charge in [-0.05, 0) is 63.9 Å². The summed E-state index contributed by atoms with van der Waals surface area (Å²) in [5.74, 6) is 0.909. The Morgan fingerprint density at radius 2 is 2.00 bits per heavy atom. The highest BCUT2D eigenvalue weighted by Gasteiger charge is 2.07. The fourth-order valence-corrected chi connectivity index (χ4v) is 1.89. The zero-order valence-electron chi connectivity index (χ0n) is 11.8. The zero-order chi connectivity index (χ0) is 13.6. The molecule has 0 saturated heterocycles. The molecule has 0 atom stereocenters. The number of halogens is 1. The average Bonchev–Trinajstić information content (AvgIpc) is 2.29. The van der Waals surface area contributed by atoms with Gasteiger partial charge in [-0.2, -0.15) is 0 Å². The molecule has 1 aromatic rings. The maximum absolute atomic E-state index is 6.06. The van der Waals surface area contributed by atoms with Crippen LogP contribution in [0.5, 0.6) is 5.75 Å². The summed E-state index contributed by atoms with van der Waals surface area (Å²) < 4.78 is 5.72. The largest absolute Gasteiger partial charge is 0.494 e. The van der Waals surface area contributed by atoms with Gasteiger partial charge in [-0.3, -0.25) is 0 Å². The minimum absolute atomic E-state index is 0.176. The Morgan fingerprint density at radius 1 is 1.28 bits per heavy atom. The normalized spacial score (nSPS) is 11.6. The zero-order valence-corrected chi connectivity index (χ0v) is 12.6. The van der Waals surface area contributed by atoms with Crippen molar-refractivity contribution in [3.63, 3.8) is 0 Å². The summed E-state index contributed by atoms with van der Waals surface area (Å²) in [6, 6.07) is 5.86. The third kappa shape index (κ3) is 5.74. The monoisotopic (exact) mass is 269 g/mol. The van der Waals surface area contributed by atoms with Gasteiger partial charge >= 0.3 is 0 Å². The van der Waals surface area contributed by atoms with E-state index in [1.54, 1.807) is 0 Å². The van der Waals surface area contributed by atoms with E-state index in [4.69, 9.17) is 16.3 Å². The van der Waals surface area contributed by atoms with Crippen LogP contribution in [0, 0.1) is 0 Å². The molecular weight excluding hydrogens is 246 g/mol. The van der Waals surface area contributed by atoms with E-state index >= 15 is 0 Å². The van der Waals surface area contributed by atoms with Crippen LogP contribution < -0.4 is 10.1 Å². The van der Waals surface area contributed by atoms with E-state index in [1.165, 1.54) is 0 Å². The Hall–Kier alpha value is -0.730. The van der Waals surface area contributed by atoms with Crippen LogP contribution in [0.2, 0.25) is 5.02 Å². The molecule has 0 aliphatic rings. The molecule has 1 N–H and O–H groups in total. The third-order valence-corrected chi connectivity index (χ3v) is 3.01. The van der Waals surface area contributed by atoms with Gasteiger partial charge in [-0.25, -0.2) is 0 Å². The van der Waals surface area contributed by atoms with E-state index in [-0.39, 0.29) is 5.54 Å². The maximum Gasteiger partial charge on any atom is 0.119 e. The van der Waals surface area contributed by atoms with Gasteiger partial charge < -0.3 is 10.1 Å². The molecule has 0 radical (unpaired) electrons. The van der Waals surface area contributed by atoms with E-state index in [2.05, 4.69) is 33.0 Å². The van der Waals surface area contributed by atoms with E-state index in [1.807, 2.05) is 18.2 Å². The molecule has 0 fully saturated rings. The molecule has 3 heteroatoms. The summed E-state index contributed by atoms with van der Waals surface area (Å²) in [4.78, 5) is 0. The molecule has 0 saturated carbocycles. The Labute approximate surface area is 116 Å². The van der Waals surface area contributed by atoms with Crippen molar-refractivity contribution >= 4 is 11.6 Å². The molecule has 0 aliphatic carbocycles. The Bertz CT molecular complexity index is 371. The highest BCUT2D eigenvalue weighted by Crippen LogP contribution is 2.22. The van der Waals surface area contributed by atoms with Crippen LogP contribution in [0.15, 0.2) is 18.2 Å². The number of rotatable bonds is 6. The molecule has 0 spiro atoms. The average molecular weight is 270 g/mol. The van der Waals surface area contributed by atoms with Gasteiger partial charge in [0.25, 0.3) is 0 Å². The summed E-state index contributed by atoms with van der Waals surface area (Å²) >= 11 is 6.06. The Morgan fingerprint density at radius 3 is 2.61 bits per heavy atom. The second-order valence-electron chi connectivity index (χ2n) is 5.49. The second kappa shape index (κ2) is 7.01. The van der Waals surface area contributed by atoms with Crippen LogP contribution >= 0.6 is 11.6 Å². The second-order valence-corrected chi connectivity index (χ2v) is 5.89. The molecule has 1 aromatic carbocycles. The Balaban J connectivity index is 2.31. The van der Waals surface area contributed by atoms with Crippen molar-refractivity contribution in [3.05, 3.63) is 28.8 Å². The fraction of sp³-hybridized carbons (Fsp3) is 0.600. The first-order valence-corrected chi connectivity index (χ1v) is 6.96. The van der Waals surface area contributed by atoms with Crippen molar-refractivity contribution in [2.45, 2.75) is 46.1 Å². The molecular formula is C15H24ClNO. The van der Waals surface area contributed by atoms with E-state index < -0.39 is 0 Å². The van der Waals surface area contributed by atoms with Crippen molar-refractivity contribution in [3.8, 4) is 5.75 Å². The van der Waals surface area contributed by atoms with Crippen LogP contribution in [0.1, 0.15) is 39.7 Å². The molecule has 0 heterocycles. The standard InChI is InChI=1S/C15H24ClNO/c1-5-12-11-13(7-8-14(12)16)18-10-6-9-17-15(2,3)4/h7-8,11,17H,5-6,9-10H2,1-4H3. The predicted molar refractivity (Wildman–Crippen MR) is 78.7 cm³/mol. The first-order valence-electron chi connectivity index (χ1n) is 6.58. The van der Waals surface area contributed by atoms with Crippen LogP contribution in [-0.2, 0) is 6.42 Å². The van der Waals surface area contributed by atoms with Crippen LogP contribution in [0.25, 0.3) is 0 Å². The molecule has 0 amide bonds. The lowest BCUT2D eigenvalue weighted by Crippen LogP contribution is -2.36. The third-order valence-electron chi connectivity index (χ3n) is 2.64. The van der Waals surface area contributed by atoms with Crippen molar-refractivity contribution in [2.75, 3.05) is 13.2 Å². The number of hydrogen-bond donors (Lipinski definition) is 1. The van der Waals surface area contributed by atoms with Gasteiger partial charge in [-0.15, -0.1) is 0 Å². The SMILES string of the molecule is CCc1cc(OCCCNC(C)(C)C)ccc1Cl. The topological polar surface area (TPSA) is 21.3 Å². The smallest absolute Gasteiger partial charge is 0.119 e. The molecule has 2 nitrogen and oxygen atoms in total. The first kappa shape index (κ1) is 15.3. The van der Waals surface area contributed by atoms with Crippen molar-refractivity contribution in [2.24, 2.45) is 0 Å². The summed E-state index contributed by atoms with van der Waals surface area (Å²) in [5, 5.41) is 4.26. The maximum atomic E-state index is 6.06. The number of ether oxygens (including phenoxy) is 1. The minimum atomic E-state index is 0.176. The van der Waals surface area contributed by atoms with E-state index in [0.29, 0.717) is 0 Å². The first-order chi connectivity index (χ1) is 8.42. The van der Waals surface area contributed by atoms with Gasteiger partial charge in [0.1, 0.15) is 5.75 Å². The molecule has 0 unspecified atom stereocenters. The van der Waals surface area contributed by atoms with E-state index in [0.717, 1.165) is 42.3 Å². The van der Waals surface area contributed by atoms with Gasteiger partial charge in [0.05, 0.1) is 6.61 Å². The summed E-state index contributed by atoms with van der Waals surface area (Å²) in [5.41, 5.74) is 1.32. The molecule has 0 aromatic heterocycles. The van der Waals surface area contributed by atoms with Crippen molar-refractivity contribution in [1.82, 2.24) is 5.32 Å². The molecule has 102 valence electrons. The van der Waals surface area contributed by atoms with Crippen LogP contribution in [0.3, 0.4) is 0 Å².